The van der Waals surface area contributed by atoms with Crippen molar-refractivity contribution in [1.29, 1.82) is 0 Å². The zero-order chi connectivity index (χ0) is 24.5. The molecular formula is C21H32NO11+. The number of hydrogen-bond donors (Lipinski definition) is 0. The van der Waals surface area contributed by atoms with E-state index in [4.69, 9.17) is 33.2 Å². The van der Waals surface area contributed by atoms with Crippen molar-refractivity contribution in [3.8, 4) is 0 Å². The molecule has 2 aliphatic rings. The molecule has 0 aromatic carbocycles. The third kappa shape index (κ3) is 7.97. The van der Waals surface area contributed by atoms with Crippen LogP contribution in [0, 0.1) is 0 Å². The van der Waals surface area contributed by atoms with Crippen molar-refractivity contribution in [2.75, 3.05) is 32.9 Å². The summed E-state index contributed by atoms with van der Waals surface area (Å²) in [5.74, 6) is -1.80. The summed E-state index contributed by atoms with van der Waals surface area (Å²) in [6, 6.07) is 0. The number of nitrogens with zero attached hydrogens (tertiary/aromatic N) is 1. The van der Waals surface area contributed by atoms with Crippen LogP contribution in [0.15, 0.2) is 0 Å². The molecule has 0 radical (unpaired) electrons. The molecule has 33 heavy (non-hydrogen) atoms. The monoisotopic (exact) mass is 474 g/mol. The van der Waals surface area contributed by atoms with Crippen LogP contribution in [0.2, 0.25) is 0 Å². The summed E-state index contributed by atoms with van der Waals surface area (Å²) in [5.41, 5.74) is 0. The SMILES string of the molecule is CCC1=[N+](CCO[C@@H]2O[C@H](COC(C)=O)[C@@H](OC(C)=O)[C@H](OC(C)=O)[C@H]2OC(C)=O)CCO1. The van der Waals surface area contributed by atoms with E-state index in [1.807, 2.05) is 11.5 Å². The molecule has 0 aliphatic carbocycles. The lowest BCUT2D eigenvalue weighted by molar-refractivity contribution is -0.524. The lowest BCUT2D eigenvalue weighted by Crippen LogP contribution is -2.63. The topological polar surface area (TPSA) is 136 Å². The van der Waals surface area contributed by atoms with Gasteiger partial charge in [0, 0.05) is 27.7 Å². The van der Waals surface area contributed by atoms with Crippen molar-refractivity contribution in [2.24, 2.45) is 0 Å². The van der Waals surface area contributed by atoms with E-state index >= 15 is 0 Å². The van der Waals surface area contributed by atoms with Gasteiger partial charge in [0.05, 0.1) is 6.42 Å². The Morgan fingerprint density at radius 1 is 0.909 bits per heavy atom. The molecule has 2 heterocycles. The predicted octanol–water partition coefficient (Wildman–Crippen LogP) is -0.0627. The van der Waals surface area contributed by atoms with Crippen molar-refractivity contribution >= 4 is 29.8 Å². The van der Waals surface area contributed by atoms with Crippen LogP contribution in [0.1, 0.15) is 41.0 Å². The van der Waals surface area contributed by atoms with Crippen LogP contribution in [-0.2, 0) is 52.3 Å². The highest BCUT2D eigenvalue weighted by atomic mass is 16.7. The van der Waals surface area contributed by atoms with Crippen molar-refractivity contribution in [3.05, 3.63) is 0 Å². The van der Waals surface area contributed by atoms with Gasteiger partial charge in [0.2, 0.25) is 0 Å². The molecule has 0 bridgehead atoms. The summed E-state index contributed by atoms with van der Waals surface area (Å²) in [5, 5.41) is 0. The zero-order valence-electron chi connectivity index (χ0n) is 19.6. The second-order valence-electron chi connectivity index (χ2n) is 7.52. The molecule has 186 valence electrons. The van der Waals surface area contributed by atoms with Crippen molar-refractivity contribution in [3.63, 3.8) is 0 Å². The summed E-state index contributed by atoms with van der Waals surface area (Å²) in [6.07, 6.45) is -5.16. The molecule has 12 heteroatoms. The minimum atomic E-state index is -1.25. The largest absolute Gasteiger partial charge is 0.463 e. The average Bonchev–Trinajstić information content (AvgIpc) is 3.17. The Hall–Kier alpha value is -2.73. The Labute approximate surface area is 192 Å². The van der Waals surface area contributed by atoms with Crippen LogP contribution in [-0.4, -0.2) is 98.0 Å². The maximum absolute atomic E-state index is 11.8. The normalized spacial score (nSPS) is 26.9. The minimum absolute atomic E-state index is 0.167. The van der Waals surface area contributed by atoms with E-state index in [2.05, 4.69) is 0 Å². The van der Waals surface area contributed by atoms with Gasteiger partial charge in [-0.3, -0.25) is 19.2 Å². The Balaban J connectivity index is 2.27. The molecule has 0 unspecified atom stereocenters. The van der Waals surface area contributed by atoms with Crippen LogP contribution in [0.5, 0.6) is 0 Å². The van der Waals surface area contributed by atoms with Crippen molar-refractivity contribution in [2.45, 2.75) is 71.7 Å². The lowest BCUT2D eigenvalue weighted by Gasteiger charge is -2.43. The average molecular weight is 474 g/mol. The van der Waals surface area contributed by atoms with Crippen LogP contribution < -0.4 is 0 Å². The van der Waals surface area contributed by atoms with Gasteiger partial charge in [0.15, 0.2) is 44.3 Å². The molecule has 0 spiro atoms. The molecule has 2 aliphatic heterocycles. The second kappa shape index (κ2) is 12.5. The lowest BCUT2D eigenvalue weighted by atomic mass is 9.98. The maximum Gasteiger partial charge on any atom is 0.336 e. The molecule has 5 atom stereocenters. The maximum atomic E-state index is 11.8. The van der Waals surface area contributed by atoms with Crippen LogP contribution >= 0.6 is 0 Å². The van der Waals surface area contributed by atoms with Gasteiger partial charge in [0.25, 0.3) is 0 Å². The van der Waals surface area contributed by atoms with Gasteiger partial charge in [-0.15, -0.1) is 0 Å². The molecule has 0 aromatic rings. The third-order valence-corrected chi connectivity index (χ3v) is 4.88. The van der Waals surface area contributed by atoms with Crippen LogP contribution in [0.25, 0.3) is 0 Å². The molecule has 0 amide bonds. The van der Waals surface area contributed by atoms with Crippen molar-refractivity contribution in [1.82, 2.24) is 0 Å². The number of hydrogen-bond acceptors (Lipinski definition) is 11. The third-order valence-electron chi connectivity index (χ3n) is 4.88. The van der Waals surface area contributed by atoms with Crippen molar-refractivity contribution < 1.29 is 56.9 Å². The van der Waals surface area contributed by atoms with Crippen LogP contribution in [0.3, 0.4) is 0 Å². The first kappa shape index (κ1) is 26.5. The van der Waals surface area contributed by atoms with Gasteiger partial charge >= 0.3 is 29.8 Å². The fourth-order valence-electron chi connectivity index (χ4n) is 3.65. The molecular weight excluding hydrogens is 442 g/mol. The fourth-order valence-corrected chi connectivity index (χ4v) is 3.65. The Kier molecular flexibility index (Phi) is 10.0. The Morgan fingerprint density at radius 2 is 1.52 bits per heavy atom. The standard InChI is InChI=1S/C21H32NO11/c1-6-17-22(7-9-27-17)8-10-28-21-20(32-15(5)26)19(31-14(4)25)18(30-13(3)24)16(33-21)11-29-12(2)23/h16,18-21H,6-11H2,1-5H3/q+1/t16-,18-,19+,20-,21-/m1/s1. The molecule has 2 rings (SSSR count). The molecule has 1 saturated heterocycles. The highest BCUT2D eigenvalue weighted by Crippen LogP contribution is 2.30. The highest BCUT2D eigenvalue weighted by molar-refractivity contribution is 5.71. The first-order chi connectivity index (χ1) is 15.6. The first-order valence-electron chi connectivity index (χ1n) is 10.8. The van der Waals surface area contributed by atoms with E-state index in [-0.39, 0.29) is 13.2 Å². The van der Waals surface area contributed by atoms with E-state index in [1.165, 1.54) is 13.8 Å². The predicted molar refractivity (Wildman–Crippen MR) is 109 cm³/mol. The van der Waals surface area contributed by atoms with E-state index in [0.29, 0.717) is 19.7 Å². The quantitative estimate of drug-likeness (QED) is 0.239. The van der Waals surface area contributed by atoms with Gasteiger partial charge in [-0.2, -0.15) is 4.58 Å². The number of carbonyl (C=O) groups is 4. The summed E-state index contributed by atoms with van der Waals surface area (Å²) in [7, 11) is 0. The van der Waals surface area contributed by atoms with E-state index in [9.17, 15) is 19.2 Å². The summed E-state index contributed by atoms with van der Waals surface area (Å²) >= 11 is 0. The van der Waals surface area contributed by atoms with Crippen LogP contribution in [0.4, 0.5) is 0 Å². The number of ether oxygens (including phenoxy) is 7. The summed E-state index contributed by atoms with van der Waals surface area (Å²) < 4.78 is 40.4. The zero-order valence-corrected chi connectivity index (χ0v) is 19.6. The van der Waals surface area contributed by atoms with E-state index in [0.717, 1.165) is 26.2 Å². The molecule has 0 saturated carbocycles. The van der Waals surface area contributed by atoms with E-state index in [1.54, 1.807) is 0 Å². The highest BCUT2D eigenvalue weighted by Gasteiger charge is 2.52. The van der Waals surface area contributed by atoms with Gasteiger partial charge in [0.1, 0.15) is 19.3 Å². The second-order valence-corrected chi connectivity index (χ2v) is 7.52. The fraction of sp³-hybridized carbons (Fsp3) is 0.762. The number of carbonyl (C=O) groups excluding carboxylic acids is 4. The smallest absolute Gasteiger partial charge is 0.336 e. The summed E-state index contributed by atoms with van der Waals surface area (Å²) in [6.45, 7) is 8.35. The minimum Gasteiger partial charge on any atom is -0.463 e. The Bertz CT molecular complexity index is 765. The molecule has 1 fully saturated rings. The van der Waals surface area contributed by atoms with Gasteiger partial charge < -0.3 is 33.2 Å². The number of esters is 4. The Morgan fingerprint density at radius 3 is 2.09 bits per heavy atom. The molecule has 0 N–H and O–H groups in total. The van der Waals surface area contributed by atoms with Gasteiger partial charge in [-0.1, -0.05) is 6.92 Å². The van der Waals surface area contributed by atoms with Gasteiger partial charge in [-0.25, -0.2) is 0 Å². The van der Waals surface area contributed by atoms with Gasteiger partial charge in [-0.05, 0) is 0 Å². The number of rotatable bonds is 10. The van der Waals surface area contributed by atoms with E-state index < -0.39 is 54.6 Å². The summed E-state index contributed by atoms with van der Waals surface area (Å²) in [4.78, 5) is 46.7. The molecule has 12 nitrogen and oxygen atoms in total. The molecule has 0 aromatic heterocycles. The first-order valence-corrected chi connectivity index (χ1v) is 10.8.